The molecule has 0 atom stereocenters. The zero-order chi connectivity index (χ0) is 17.4. The highest BCUT2D eigenvalue weighted by molar-refractivity contribution is 6.42. The van der Waals surface area contributed by atoms with Gasteiger partial charge in [0.2, 0.25) is 5.95 Å². The Hall–Kier alpha value is -2.09. The molecular formula is C16H16Cl2N6O. The fourth-order valence-corrected chi connectivity index (χ4v) is 3.08. The third-order valence-corrected chi connectivity index (χ3v) is 4.80. The number of morpholine rings is 1. The van der Waals surface area contributed by atoms with Gasteiger partial charge in [-0.2, -0.15) is 15.1 Å². The maximum atomic E-state index is 6.09. The molecule has 1 aliphatic heterocycles. The van der Waals surface area contributed by atoms with Crippen LogP contribution in [0.4, 0.5) is 17.5 Å². The van der Waals surface area contributed by atoms with Gasteiger partial charge >= 0.3 is 0 Å². The highest BCUT2D eigenvalue weighted by Gasteiger charge is 2.19. The summed E-state index contributed by atoms with van der Waals surface area (Å²) in [6.45, 7) is 2.93. The fraction of sp³-hybridized carbons (Fsp3) is 0.312. The van der Waals surface area contributed by atoms with E-state index in [2.05, 4.69) is 20.3 Å². The van der Waals surface area contributed by atoms with Crippen molar-refractivity contribution in [2.75, 3.05) is 36.5 Å². The quantitative estimate of drug-likeness (QED) is 0.754. The van der Waals surface area contributed by atoms with Crippen LogP contribution in [0.2, 0.25) is 10.0 Å². The first-order valence-corrected chi connectivity index (χ1v) is 8.62. The smallest absolute Gasteiger partial charge is 0.231 e. The summed E-state index contributed by atoms with van der Waals surface area (Å²) >= 11 is 12.1. The molecule has 0 radical (unpaired) electrons. The molecule has 7 nitrogen and oxygen atoms in total. The van der Waals surface area contributed by atoms with Gasteiger partial charge in [0, 0.05) is 25.8 Å². The first-order chi connectivity index (χ1) is 12.1. The molecule has 0 amide bonds. The normalized spacial score (nSPS) is 14.9. The SMILES string of the molecule is Cn1ncc2c(N3CCOCC3)nc(Nc3ccc(Cl)c(Cl)c3)nc21. The van der Waals surface area contributed by atoms with Crippen LogP contribution < -0.4 is 10.2 Å². The molecule has 0 bridgehead atoms. The van der Waals surface area contributed by atoms with Gasteiger partial charge in [-0.3, -0.25) is 4.68 Å². The second-order valence-corrected chi connectivity index (χ2v) is 6.54. The van der Waals surface area contributed by atoms with E-state index < -0.39 is 0 Å². The standard InChI is InChI=1S/C16H16Cl2N6O/c1-23-14-11(9-19-23)15(24-4-6-25-7-5-24)22-16(21-14)20-10-2-3-12(17)13(18)8-10/h2-3,8-9H,4-7H2,1H3,(H,20,21,22). The summed E-state index contributed by atoms with van der Waals surface area (Å²) in [6.07, 6.45) is 1.79. The van der Waals surface area contributed by atoms with E-state index in [0.29, 0.717) is 29.2 Å². The molecule has 9 heteroatoms. The summed E-state index contributed by atoms with van der Waals surface area (Å²) < 4.78 is 7.18. The summed E-state index contributed by atoms with van der Waals surface area (Å²) in [5.41, 5.74) is 1.53. The fourth-order valence-electron chi connectivity index (χ4n) is 2.78. The first-order valence-electron chi connectivity index (χ1n) is 7.86. The zero-order valence-corrected chi connectivity index (χ0v) is 15.0. The average molecular weight is 379 g/mol. The molecule has 0 saturated carbocycles. The molecule has 1 aromatic carbocycles. The maximum Gasteiger partial charge on any atom is 0.231 e. The number of aromatic nitrogens is 4. The molecular weight excluding hydrogens is 363 g/mol. The van der Waals surface area contributed by atoms with Crippen molar-refractivity contribution in [1.82, 2.24) is 19.7 Å². The van der Waals surface area contributed by atoms with Crippen LogP contribution in [0.5, 0.6) is 0 Å². The van der Waals surface area contributed by atoms with Crippen molar-refractivity contribution in [2.24, 2.45) is 7.05 Å². The Balaban J connectivity index is 1.75. The van der Waals surface area contributed by atoms with Crippen LogP contribution in [-0.2, 0) is 11.8 Å². The molecule has 25 heavy (non-hydrogen) atoms. The van der Waals surface area contributed by atoms with E-state index >= 15 is 0 Å². The van der Waals surface area contributed by atoms with Crippen LogP contribution in [0.1, 0.15) is 0 Å². The van der Waals surface area contributed by atoms with Crippen molar-refractivity contribution < 1.29 is 4.74 Å². The third kappa shape index (κ3) is 3.22. The van der Waals surface area contributed by atoms with Gasteiger partial charge in [-0.15, -0.1) is 0 Å². The number of anilines is 3. The third-order valence-electron chi connectivity index (χ3n) is 4.06. The van der Waals surface area contributed by atoms with E-state index in [9.17, 15) is 0 Å². The predicted molar refractivity (Wildman–Crippen MR) is 99.1 cm³/mol. The van der Waals surface area contributed by atoms with E-state index in [1.165, 1.54) is 0 Å². The molecule has 0 aliphatic carbocycles. The molecule has 130 valence electrons. The number of aryl methyl sites for hydroxylation is 1. The topological polar surface area (TPSA) is 68.1 Å². The number of rotatable bonds is 3. The summed E-state index contributed by atoms with van der Waals surface area (Å²) in [7, 11) is 1.86. The Labute approximate surface area is 154 Å². The summed E-state index contributed by atoms with van der Waals surface area (Å²) in [6, 6.07) is 5.31. The number of hydrogen-bond acceptors (Lipinski definition) is 6. The molecule has 3 heterocycles. The van der Waals surface area contributed by atoms with Crippen LogP contribution in [-0.4, -0.2) is 46.1 Å². The van der Waals surface area contributed by atoms with Gasteiger partial charge in [-0.1, -0.05) is 23.2 Å². The van der Waals surface area contributed by atoms with Crippen molar-refractivity contribution >= 4 is 51.7 Å². The monoisotopic (exact) mass is 378 g/mol. The van der Waals surface area contributed by atoms with Crippen molar-refractivity contribution in [3.63, 3.8) is 0 Å². The van der Waals surface area contributed by atoms with Gasteiger partial charge in [-0.05, 0) is 18.2 Å². The molecule has 1 aliphatic rings. The summed E-state index contributed by atoms with van der Waals surface area (Å²) in [5.74, 6) is 1.33. The zero-order valence-electron chi connectivity index (χ0n) is 13.5. The molecule has 4 rings (SSSR count). The number of halogens is 2. The minimum atomic E-state index is 0.474. The Morgan fingerprint density at radius 2 is 1.92 bits per heavy atom. The second kappa shape index (κ2) is 6.67. The number of nitrogens with zero attached hydrogens (tertiary/aromatic N) is 5. The Morgan fingerprint density at radius 3 is 2.68 bits per heavy atom. The molecule has 2 aromatic heterocycles. The maximum absolute atomic E-state index is 6.09. The minimum Gasteiger partial charge on any atom is -0.378 e. The van der Waals surface area contributed by atoms with Crippen LogP contribution in [0.15, 0.2) is 24.4 Å². The predicted octanol–water partition coefficient (Wildman–Crippen LogP) is 3.25. The largest absolute Gasteiger partial charge is 0.378 e. The first kappa shape index (κ1) is 16.4. The number of nitrogens with one attached hydrogen (secondary N) is 1. The van der Waals surface area contributed by atoms with Crippen molar-refractivity contribution in [1.29, 1.82) is 0 Å². The van der Waals surface area contributed by atoms with Crippen LogP contribution in [0, 0.1) is 0 Å². The van der Waals surface area contributed by atoms with Crippen molar-refractivity contribution in [2.45, 2.75) is 0 Å². The van der Waals surface area contributed by atoms with E-state index in [4.69, 9.17) is 32.9 Å². The lowest BCUT2D eigenvalue weighted by atomic mass is 10.3. The number of fused-ring (bicyclic) bond motifs is 1. The highest BCUT2D eigenvalue weighted by atomic mass is 35.5. The lowest BCUT2D eigenvalue weighted by molar-refractivity contribution is 0.122. The van der Waals surface area contributed by atoms with Crippen LogP contribution in [0.3, 0.4) is 0 Å². The van der Waals surface area contributed by atoms with E-state index in [1.54, 1.807) is 23.0 Å². The minimum absolute atomic E-state index is 0.474. The van der Waals surface area contributed by atoms with Crippen molar-refractivity contribution in [3.8, 4) is 0 Å². The molecule has 0 spiro atoms. The van der Waals surface area contributed by atoms with Crippen LogP contribution in [0.25, 0.3) is 11.0 Å². The van der Waals surface area contributed by atoms with Crippen LogP contribution >= 0.6 is 23.2 Å². The van der Waals surface area contributed by atoms with Crippen molar-refractivity contribution in [3.05, 3.63) is 34.4 Å². The number of benzene rings is 1. The Bertz CT molecular complexity index is 922. The van der Waals surface area contributed by atoms with Gasteiger partial charge in [0.15, 0.2) is 5.65 Å². The second-order valence-electron chi connectivity index (χ2n) is 5.73. The number of hydrogen-bond donors (Lipinski definition) is 1. The molecule has 1 fully saturated rings. The number of ether oxygens (including phenoxy) is 1. The lowest BCUT2D eigenvalue weighted by Gasteiger charge is -2.28. The lowest BCUT2D eigenvalue weighted by Crippen LogP contribution is -2.37. The van der Waals surface area contributed by atoms with E-state index in [1.807, 2.05) is 13.1 Å². The average Bonchev–Trinajstić information content (AvgIpc) is 3.00. The molecule has 0 unspecified atom stereocenters. The van der Waals surface area contributed by atoms with E-state index in [-0.39, 0.29) is 0 Å². The van der Waals surface area contributed by atoms with E-state index in [0.717, 1.165) is 35.6 Å². The highest BCUT2D eigenvalue weighted by Crippen LogP contribution is 2.29. The summed E-state index contributed by atoms with van der Waals surface area (Å²) in [4.78, 5) is 11.5. The van der Waals surface area contributed by atoms with Gasteiger partial charge in [0.1, 0.15) is 5.82 Å². The molecule has 3 aromatic rings. The van der Waals surface area contributed by atoms with Gasteiger partial charge in [-0.25, -0.2) is 0 Å². The Morgan fingerprint density at radius 1 is 1.12 bits per heavy atom. The van der Waals surface area contributed by atoms with Gasteiger partial charge in [0.05, 0.1) is 34.8 Å². The van der Waals surface area contributed by atoms with Gasteiger partial charge in [0.25, 0.3) is 0 Å². The Kier molecular flexibility index (Phi) is 4.37. The van der Waals surface area contributed by atoms with Gasteiger partial charge < -0.3 is 15.0 Å². The molecule has 1 N–H and O–H groups in total. The molecule has 1 saturated heterocycles. The summed E-state index contributed by atoms with van der Waals surface area (Å²) in [5, 5.41) is 9.41.